The summed E-state index contributed by atoms with van der Waals surface area (Å²) in [6.45, 7) is 4.02. The van der Waals surface area contributed by atoms with Gasteiger partial charge in [-0.2, -0.15) is 0 Å². The predicted octanol–water partition coefficient (Wildman–Crippen LogP) is 2.44. The summed E-state index contributed by atoms with van der Waals surface area (Å²) in [6.07, 6.45) is 1.47. The summed E-state index contributed by atoms with van der Waals surface area (Å²) in [4.78, 5) is 11.6. The van der Waals surface area contributed by atoms with Crippen LogP contribution < -0.4 is 4.74 Å². The van der Waals surface area contributed by atoms with Crippen molar-refractivity contribution in [3.8, 4) is 5.75 Å². The van der Waals surface area contributed by atoms with Gasteiger partial charge in [-0.25, -0.2) is 0 Å². The Kier molecular flexibility index (Phi) is 2.06. The van der Waals surface area contributed by atoms with Crippen molar-refractivity contribution < 1.29 is 9.53 Å². The molecule has 0 amide bonds. The Bertz CT molecular complexity index is 405. The number of rotatable bonds is 1. The number of Topliss-reactive ketones (excluding diaryl/α,β-unsaturated/α-hetero) is 1. The van der Waals surface area contributed by atoms with Gasteiger partial charge in [0.2, 0.25) is 0 Å². The van der Waals surface area contributed by atoms with Gasteiger partial charge in [0.25, 0.3) is 0 Å². The van der Waals surface area contributed by atoms with E-state index in [2.05, 4.69) is 0 Å². The zero-order chi connectivity index (χ0) is 10.3. The maximum Gasteiger partial charge on any atom is 0.163 e. The average molecular weight is 190 g/mol. The van der Waals surface area contributed by atoms with Crippen LogP contribution in [0.3, 0.4) is 0 Å². The van der Waals surface area contributed by atoms with E-state index in [-0.39, 0.29) is 5.78 Å². The minimum atomic E-state index is 0.260. The van der Waals surface area contributed by atoms with Crippen molar-refractivity contribution in [1.82, 2.24) is 0 Å². The van der Waals surface area contributed by atoms with Gasteiger partial charge in [-0.05, 0) is 31.4 Å². The van der Waals surface area contributed by atoms with Gasteiger partial charge in [-0.3, -0.25) is 4.79 Å². The third-order valence-electron chi connectivity index (χ3n) is 2.85. The van der Waals surface area contributed by atoms with Gasteiger partial charge in [0.1, 0.15) is 5.75 Å². The van der Waals surface area contributed by atoms with Crippen LogP contribution in [0, 0.1) is 13.8 Å². The van der Waals surface area contributed by atoms with Gasteiger partial charge in [-0.15, -0.1) is 0 Å². The number of hydrogen-bond donors (Lipinski definition) is 0. The average Bonchev–Trinajstić information content (AvgIpc) is 2.49. The van der Waals surface area contributed by atoms with Gasteiger partial charge >= 0.3 is 0 Å². The van der Waals surface area contributed by atoms with Crippen LogP contribution in [0.4, 0.5) is 0 Å². The molecule has 0 fully saturated rings. The lowest BCUT2D eigenvalue weighted by Crippen LogP contribution is -1.99. The van der Waals surface area contributed by atoms with E-state index in [4.69, 9.17) is 4.74 Å². The van der Waals surface area contributed by atoms with Crippen LogP contribution in [0.15, 0.2) is 6.07 Å². The minimum Gasteiger partial charge on any atom is -0.496 e. The highest BCUT2D eigenvalue weighted by atomic mass is 16.5. The first-order chi connectivity index (χ1) is 6.65. The van der Waals surface area contributed by atoms with E-state index in [9.17, 15) is 4.79 Å². The van der Waals surface area contributed by atoms with Crippen molar-refractivity contribution in [1.29, 1.82) is 0 Å². The molecule has 2 rings (SSSR count). The number of methoxy groups -OCH3 is 1. The molecule has 0 aromatic heterocycles. The summed E-state index contributed by atoms with van der Waals surface area (Å²) in [6, 6.07) is 2.03. The molecule has 0 N–H and O–H groups in total. The highest BCUT2D eigenvalue weighted by Gasteiger charge is 2.25. The number of ketones is 1. The number of aryl methyl sites for hydroxylation is 2. The van der Waals surface area contributed by atoms with E-state index in [1.54, 1.807) is 7.11 Å². The molecule has 0 aliphatic heterocycles. The topological polar surface area (TPSA) is 26.3 Å². The second-order valence-electron chi connectivity index (χ2n) is 3.82. The third-order valence-corrected chi connectivity index (χ3v) is 2.85. The van der Waals surface area contributed by atoms with Gasteiger partial charge in [0.15, 0.2) is 5.78 Å². The maximum atomic E-state index is 11.6. The highest BCUT2D eigenvalue weighted by Crippen LogP contribution is 2.35. The third kappa shape index (κ3) is 1.14. The van der Waals surface area contributed by atoms with E-state index in [0.717, 1.165) is 34.4 Å². The summed E-state index contributed by atoms with van der Waals surface area (Å²) in [5, 5.41) is 0. The summed E-state index contributed by atoms with van der Waals surface area (Å²) < 4.78 is 5.34. The molecule has 0 saturated heterocycles. The molecule has 0 radical (unpaired) electrons. The maximum absolute atomic E-state index is 11.6. The highest BCUT2D eigenvalue weighted by molar-refractivity contribution is 6.02. The first kappa shape index (κ1) is 9.25. The number of carbonyl (C=O) groups is 1. The van der Waals surface area contributed by atoms with Crippen LogP contribution in [0.2, 0.25) is 0 Å². The molecular weight excluding hydrogens is 176 g/mol. The van der Waals surface area contributed by atoms with Crippen LogP contribution >= 0.6 is 0 Å². The Balaban J connectivity index is 2.72. The molecule has 0 spiro atoms. The second-order valence-corrected chi connectivity index (χ2v) is 3.82. The number of fused-ring (bicyclic) bond motifs is 1. The van der Waals surface area contributed by atoms with E-state index >= 15 is 0 Å². The Morgan fingerprint density at radius 3 is 2.57 bits per heavy atom. The Morgan fingerprint density at radius 2 is 1.93 bits per heavy atom. The molecule has 14 heavy (non-hydrogen) atoms. The molecular formula is C12H14O2. The van der Waals surface area contributed by atoms with Crippen LogP contribution in [0.1, 0.15) is 33.5 Å². The molecule has 0 atom stereocenters. The monoisotopic (exact) mass is 190 g/mol. The van der Waals surface area contributed by atoms with Crippen molar-refractivity contribution in [2.24, 2.45) is 0 Å². The number of carbonyl (C=O) groups excluding carboxylic acids is 1. The number of benzene rings is 1. The molecule has 0 heterocycles. The molecule has 2 nitrogen and oxygen atoms in total. The fourth-order valence-electron chi connectivity index (χ4n) is 2.33. The van der Waals surface area contributed by atoms with Gasteiger partial charge in [-0.1, -0.05) is 6.07 Å². The SMILES string of the molecule is COc1c(C)cc(C)c2c1CCC2=O. The molecule has 0 bridgehead atoms. The van der Waals surface area contributed by atoms with E-state index < -0.39 is 0 Å². The summed E-state index contributed by atoms with van der Waals surface area (Å²) in [7, 11) is 1.67. The van der Waals surface area contributed by atoms with E-state index in [0.29, 0.717) is 6.42 Å². The minimum absolute atomic E-state index is 0.260. The summed E-state index contributed by atoms with van der Waals surface area (Å²) in [5.74, 6) is 1.16. The van der Waals surface area contributed by atoms with E-state index in [1.807, 2.05) is 19.9 Å². The molecule has 1 aliphatic carbocycles. The zero-order valence-corrected chi connectivity index (χ0v) is 8.81. The fourth-order valence-corrected chi connectivity index (χ4v) is 2.33. The quantitative estimate of drug-likeness (QED) is 0.680. The molecule has 1 aromatic carbocycles. The van der Waals surface area contributed by atoms with Gasteiger partial charge in [0, 0.05) is 17.5 Å². The van der Waals surface area contributed by atoms with Crippen molar-refractivity contribution in [3.05, 3.63) is 28.3 Å². The molecule has 1 aromatic rings. The lowest BCUT2D eigenvalue weighted by atomic mass is 9.99. The summed E-state index contributed by atoms with van der Waals surface area (Å²) >= 11 is 0. The molecule has 2 heteroatoms. The van der Waals surface area contributed by atoms with Crippen LogP contribution in [-0.2, 0) is 6.42 Å². The largest absolute Gasteiger partial charge is 0.496 e. The fraction of sp³-hybridized carbons (Fsp3) is 0.417. The lowest BCUT2D eigenvalue weighted by molar-refractivity contribution is 0.0994. The summed E-state index contributed by atoms with van der Waals surface area (Å²) in [5.41, 5.74) is 4.21. The van der Waals surface area contributed by atoms with Gasteiger partial charge in [0.05, 0.1) is 7.11 Å². The second kappa shape index (κ2) is 3.12. The molecule has 0 saturated carbocycles. The normalized spacial score (nSPS) is 14.4. The molecule has 0 unspecified atom stereocenters. The standard InChI is InChI=1S/C12H14O2/c1-7-6-8(2)12(14-3)9-4-5-10(13)11(7)9/h6H,4-5H2,1-3H3. The Labute approximate surface area is 83.9 Å². The van der Waals surface area contributed by atoms with Crippen LogP contribution in [0.25, 0.3) is 0 Å². The van der Waals surface area contributed by atoms with E-state index in [1.165, 1.54) is 0 Å². The van der Waals surface area contributed by atoms with Crippen molar-refractivity contribution in [2.45, 2.75) is 26.7 Å². The first-order valence-electron chi connectivity index (χ1n) is 4.85. The van der Waals surface area contributed by atoms with Crippen molar-refractivity contribution in [2.75, 3.05) is 7.11 Å². The van der Waals surface area contributed by atoms with Crippen molar-refractivity contribution >= 4 is 5.78 Å². The van der Waals surface area contributed by atoms with Gasteiger partial charge < -0.3 is 4.74 Å². The first-order valence-corrected chi connectivity index (χ1v) is 4.85. The molecule has 1 aliphatic rings. The van der Waals surface area contributed by atoms with Crippen molar-refractivity contribution in [3.63, 3.8) is 0 Å². The Morgan fingerprint density at radius 1 is 1.21 bits per heavy atom. The predicted molar refractivity (Wildman–Crippen MR) is 55.1 cm³/mol. The van der Waals surface area contributed by atoms with Crippen LogP contribution in [-0.4, -0.2) is 12.9 Å². The smallest absolute Gasteiger partial charge is 0.163 e. The molecule has 74 valence electrons. The lowest BCUT2D eigenvalue weighted by Gasteiger charge is -2.12. The number of ether oxygens (including phenoxy) is 1. The number of hydrogen-bond acceptors (Lipinski definition) is 2. The zero-order valence-electron chi connectivity index (χ0n) is 8.81. The van der Waals surface area contributed by atoms with Crippen LogP contribution in [0.5, 0.6) is 5.75 Å². The Hall–Kier alpha value is -1.31.